The number of aromatic nitrogens is 4. The van der Waals surface area contributed by atoms with Crippen molar-refractivity contribution in [3.63, 3.8) is 0 Å². The Bertz CT molecular complexity index is 1160. The summed E-state index contributed by atoms with van der Waals surface area (Å²) in [5, 5.41) is 2.71. The molecule has 1 aliphatic rings. The Morgan fingerprint density at radius 3 is 2.39 bits per heavy atom. The van der Waals surface area contributed by atoms with Crippen LogP contribution in [0.25, 0.3) is 11.6 Å². The quantitative estimate of drug-likeness (QED) is 0.648. The molecule has 0 spiro atoms. The molecule has 160 valence electrons. The molecule has 2 heterocycles. The highest BCUT2D eigenvalue weighted by molar-refractivity contribution is 5.92. The molecule has 0 aliphatic heterocycles. The highest BCUT2D eigenvalue weighted by Crippen LogP contribution is 2.58. The van der Waals surface area contributed by atoms with Gasteiger partial charge >= 0.3 is 6.18 Å². The van der Waals surface area contributed by atoms with E-state index in [1.807, 2.05) is 0 Å². The fourth-order valence-corrected chi connectivity index (χ4v) is 3.41. The Balaban J connectivity index is 1.50. The lowest BCUT2D eigenvalue weighted by Gasteiger charge is -2.21. The molecule has 0 saturated heterocycles. The van der Waals surface area contributed by atoms with Gasteiger partial charge in [-0.2, -0.15) is 13.2 Å². The molecule has 10 heteroatoms. The normalized spacial score (nSPS) is 15.9. The lowest BCUT2D eigenvalue weighted by molar-refractivity contribution is -0.160. The highest BCUT2D eigenvalue weighted by atomic mass is 19.4. The zero-order valence-electron chi connectivity index (χ0n) is 16.4. The Kier molecular flexibility index (Phi) is 5.08. The van der Waals surface area contributed by atoms with Gasteiger partial charge in [-0.3, -0.25) is 9.59 Å². The number of nitrogens with one attached hydrogen (secondary N) is 2. The minimum Gasteiger partial charge on any atom is -0.344 e. The predicted molar refractivity (Wildman–Crippen MR) is 105 cm³/mol. The smallest absolute Gasteiger partial charge is 0.344 e. The van der Waals surface area contributed by atoms with E-state index in [-0.39, 0.29) is 35.7 Å². The Morgan fingerprint density at radius 2 is 1.81 bits per heavy atom. The van der Waals surface area contributed by atoms with Crippen molar-refractivity contribution in [1.82, 2.24) is 25.3 Å². The van der Waals surface area contributed by atoms with Crippen LogP contribution in [-0.4, -0.2) is 32.0 Å². The summed E-state index contributed by atoms with van der Waals surface area (Å²) < 4.78 is 39.9. The zero-order chi connectivity index (χ0) is 22.2. The van der Waals surface area contributed by atoms with E-state index in [0.29, 0.717) is 5.56 Å². The van der Waals surface area contributed by atoms with Gasteiger partial charge in [-0.25, -0.2) is 15.0 Å². The van der Waals surface area contributed by atoms with Gasteiger partial charge in [-0.15, -0.1) is 0 Å². The molecule has 1 saturated carbocycles. The standard InChI is InChI=1S/C21H18F3N5O2/c1-12(13-3-5-14(6-4-13)20(7-8-20)21(22,23)24)27-19(31)15-11-16(30)29-18(28-15)17-25-9-2-10-26-17/h2-6,9-12H,7-8H2,1H3,(H,27,31)(H,28,29,30)/t12-/m1/s1. The van der Waals surface area contributed by atoms with Crippen LogP contribution in [0.15, 0.2) is 53.6 Å². The first-order valence-corrected chi connectivity index (χ1v) is 9.56. The van der Waals surface area contributed by atoms with E-state index < -0.39 is 29.1 Å². The third kappa shape index (κ3) is 4.05. The van der Waals surface area contributed by atoms with Gasteiger partial charge in [0.05, 0.1) is 11.5 Å². The molecule has 1 aromatic carbocycles. The summed E-state index contributed by atoms with van der Waals surface area (Å²) in [5.74, 6) is -0.387. The van der Waals surface area contributed by atoms with Gasteiger partial charge in [0, 0.05) is 18.5 Å². The summed E-state index contributed by atoms with van der Waals surface area (Å²) in [6, 6.07) is 8.19. The molecule has 1 atom stereocenters. The minimum absolute atomic E-state index is 0.0529. The Hall–Kier alpha value is -3.56. The van der Waals surface area contributed by atoms with Crippen LogP contribution in [0.3, 0.4) is 0 Å². The van der Waals surface area contributed by atoms with Gasteiger partial charge in [0.25, 0.3) is 11.5 Å². The van der Waals surface area contributed by atoms with E-state index in [1.165, 1.54) is 24.5 Å². The third-order valence-electron chi connectivity index (χ3n) is 5.36. The molecule has 3 aromatic rings. The van der Waals surface area contributed by atoms with Crippen molar-refractivity contribution in [1.29, 1.82) is 0 Å². The van der Waals surface area contributed by atoms with Crippen molar-refractivity contribution in [2.45, 2.75) is 37.4 Å². The van der Waals surface area contributed by atoms with Crippen LogP contribution in [0, 0.1) is 0 Å². The molecule has 0 bridgehead atoms. The van der Waals surface area contributed by atoms with Crippen LogP contribution in [0.5, 0.6) is 0 Å². The monoisotopic (exact) mass is 429 g/mol. The van der Waals surface area contributed by atoms with Crippen LogP contribution in [0.4, 0.5) is 13.2 Å². The largest absolute Gasteiger partial charge is 0.398 e. The summed E-state index contributed by atoms with van der Waals surface area (Å²) in [6.45, 7) is 1.69. The molecule has 31 heavy (non-hydrogen) atoms. The molecular formula is C21H18F3N5O2. The number of nitrogens with zero attached hydrogens (tertiary/aromatic N) is 3. The number of hydrogen-bond donors (Lipinski definition) is 2. The number of benzene rings is 1. The zero-order valence-corrected chi connectivity index (χ0v) is 16.4. The molecule has 0 unspecified atom stereocenters. The lowest BCUT2D eigenvalue weighted by Crippen LogP contribution is -2.30. The summed E-state index contributed by atoms with van der Waals surface area (Å²) in [6.07, 6.45) is -1.15. The van der Waals surface area contributed by atoms with Crippen LogP contribution in [-0.2, 0) is 5.41 Å². The number of carbonyl (C=O) groups excluding carboxylic acids is 1. The average Bonchev–Trinajstić information content (AvgIpc) is 3.56. The first-order chi connectivity index (χ1) is 14.7. The van der Waals surface area contributed by atoms with Gasteiger partial charge in [0.2, 0.25) is 0 Å². The summed E-state index contributed by atoms with van der Waals surface area (Å²) in [4.78, 5) is 39.1. The van der Waals surface area contributed by atoms with E-state index in [1.54, 1.807) is 25.1 Å². The van der Waals surface area contributed by atoms with E-state index in [4.69, 9.17) is 0 Å². The Labute approximate surface area is 174 Å². The first-order valence-electron chi connectivity index (χ1n) is 9.56. The van der Waals surface area contributed by atoms with Crippen LogP contribution in [0.2, 0.25) is 0 Å². The number of halogens is 3. The number of carbonyl (C=O) groups is 1. The number of alkyl halides is 3. The van der Waals surface area contributed by atoms with Gasteiger partial charge < -0.3 is 10.3 Å². The lowest BCUT2D eigenvalue weighted by atomic mass is 9.93. The number of hydrogen-bond acceptors (Lipinski definition) is 5. The van der Waals surface area contributed by atoms with E-state index in [0.717, 1.165) is 6.07 Å². The number of aromatic amines is 1. The fourth-order valence-electron chi connectivity index (χ4n) is 3.41. The van der Waals surface area contributed by atoms with Gasteiger partial charge in [0.1, 0.15) is 5.69 Å². The Morgan fingerprint density at radius 1 is 1.16 bits per heavy atom. The SMILES string of the molecule is C[C@@H](NC(=O)c1cc(=O)[nH]c(-c2ncccn2)n1)c1ccc(C2(C(F)(F)F)CC2)cc1. The van der Waals surface area contributed by atoms with Crippen LogP contribution < -0.4 is 10.9 Å². The van der Waals surface area contributed by atoms with Crippen LogP contribution >= 0.6 is 0 Å². The molecule has 2 N–H and O–H groups in total. The van der Waals surface area contributed by atoms with E-state index in [2.05, 4.69) is 25.3 Å². The molecule has 1 aliphatic carbocycles. The molecule has 1 amide bonds. The minimum atomic E-state index is -4.28. The molecule has 7 nitrogen and oxygen atoms in total. The van der Waals surface area contributed by atoms with Crippen molar-refractivity contribution in [3.8, 4) is 11.6 Å². The number of amides is 1. The second kappa shape index (κ2) is 7.60. The second-order valence-corrected chi connectivity index (χ2v) is 7.45. The molecule has 0 radical (unpaired) electrons. The van der Waals surface area contributed by atoms with Crippen molar-refractivity contribution < 1.29 is 18.0 Å². The average molecular weight is 429 g/mol. The summed E-state index contributed by atoms with van der Waals surface area (Å²) in [5.41, 5.74) is -1.55. The van der Waals surface area contributed by atoms with Gasteiger partial charge in [-0.05, 0) is 37.0 Å². The number of rotatable bonds is 5. The van der Waals surface area contributed by atoms with Gasteiger partial charge in [0.15, 0.2) is 11.6 Å². The first kappa shape index (κ1) is 20.7. The van der Waals surface area contributed by atoms with Crippen molar-refractivity contribution >= 4 is 5.91 Å². The van der Waals surface area contributed by atoms with Crippen molar-refractivity contribution in [2.75, 3.05) is 0 Å². The van der Waals surface area contributed by atoms with Gasteiger partial charge in [-0.1, -0.05) is 24.3 Å². The predicted octanol–water partition coefficient (Wildman–Crippen LogP) is 3.31. The molecular weight excluding hydrogens is 411 g/mol. The second-order valence-electron chi connectivity index (χ2n) is 7.45. The maximum atomic E-state index is 13.3. The molecule has 1 fully saturated rings. The third-order valence-corrected chi connectivity index (χ3v) is 5.36. The summed E-state index contributed by atoms with van der Waals surface area (Å²) >= 11 is 0. The van der Waals surface area contributed by atoms with Crippen molar-refractivity contribution in [2.24, 2.45) is 0 Å². The van der Waals surface area contributed by atoms with E-state index >= 15 is 0 Å². The highest BCUT2D eigenvalue weighted by Gasteiger charge is 2.64. The topological polar surface area (TPSA) is 101 Å². The molecule has 2 aromatic heterocycles. The van der Waals surface area contributed by atoms with Crippen molar-refractivity contribution in [3.05, 3.63) is 76.0 Å². The number of H-pyrrole nitrogens is 1. The fraction of sp³-hybridized carbons (Fsp3) is 0.286. The maximum absolute atomic E-state index is 13.3. The maximum Gasteiger partial charge on any atom is 0.398 e. The molecule has 4 rings (SSSR count). The van der Waals surface area contributed by atoms with Crippen LogP contribution in [0.1, 0.15) is 47.4 Å². The summed E-state index contributed by atoms with van der Waals surface area (Å²) in [7, 11) is 0. The van der Waals surface area contributed by atoms with E-state index in [9.17, 15) is 22.8 Å².